The van der Waals surface area contributed by atoms with E-state index in [-0.39, 0.29) is 15.6 Å². The van der Waals surface area contributed by atoms with Crippen molar-refractivity contribution < 1.29 is 22.7 Å². The molecule has 2 aromatic rings. The Bertz CT molecular complexity index is 1080. The van der Waals surface area contributed by atoms with Crippen molar-refractivity contribution in [2.24, 2.45) is 0 Å². The lowest BCUT2D eigenvalue weighted by Gasteiger charge is -2.26. The quantitative estimate of drug-likeness (QED) is 0.652. The van der Waals surface area contributed by atoms with E-state index in [2.05, 4.69) is 5.32 Å². The van der Waals surface area contributed by atoms with E-state index in [9.17, 15) is 18.0 Å². The van der Waals surface area contributed by atoms with Crippen LogP contribution in [0.3, 0.4) is 0 Å². The van der Waals surface area contributed by atoms with E-state index in [4.69, 9.17) is 16.3 Å². The Balaban J connectivity index is 1.73. The van der Waals surface area contributed by atoms with Crippen LogP contribution in [0, 0.1) is 6.92 Å². The molecule has 0 saturated carbocycles. The molecule has 0 radical (unpaired) electrons. The fraction of sp³-hybridized carbons (Fsp3) is 0.364. The second-order valence-corrected chi connectivity index (χ2v) is 9.80. The Morgan fingerprint density at radius 1 is 1.10 bits per heavy atom. The van der Waals surface area contributed by atoms with Crippen LogP contribution >= 0.6 is 11.6 Å². The van der Waals surface area contributed by atoms with Gasteiger partial charge >= 0.3 is 5.97 Å². The van der Waals surface area contributed by atoms with Crippen LogP contribution in [-0.4, -0.2) is 43.8 Å². The third kappa shape index (κ3) is 5.44. The van der Waals surface area contributed by atoms with Gasteiger partial charge in [0.15, 0.2) is 6.10 Å². The van der Waals surface area contributed by atoms with Crippen molar-refractivity contribution in [3.63, 3.8) is 0 Å². The first-order valence-electron chi connectivity index (χ1n) is 10.1. The van der Waals surface area contributed by atoms with Crippen molar-refractivity contribution >= 4 is 39.2 Å². The van der Waals surface area contributed by atoms with Crippen molar-refractivity contribution in [1.29, 1.82) is 0 Å². The van der Waals surface area contributed by atoms with E-state index in [1.54, 1.807) is 31.2 Å². The van der Waals surface area contributed by atoms with Gasteiger partial charge in [-0.25, -0.2) is 13.2 Å². The highest BCUT2D eigenvalue weighted by Crippen LogP contribution is 2.28. The molecule has 3 rings (SSSR count). The second-order valence-electron chi connectivity index (χ2n) is 7.46. The summed E-state index contributed by atoms with van der Waals surface area (Å²) in [7, 11) is -3.68. The fourth-order valence-corrected chi connectivity index (χ4v) is 5.04. The van der Waals surface area contributed by atoms with E-state index < -0.39 is 28.0 Å². The average Bonchev–Trinajstić information content (AvgIpc) is 2.75. The lowest BCUT2D eigenvalue weighted by Crippen LogP contribution is -2.35. The zero-order valence-corrected chi connectivity index (χ0v) is 19.0. The maximum absolute atomic E-state index is 12.9. The minimum absolute atomic E-state index is 0.0543. The minimum atomic E-state index is -3.68. The van der Waals surface area contributed by atoms with Gasteiger partial charge in [-0.15, -0.1) is 0 Å². The van der Waals surface area contributed by atoms with Gasteiger partial charge in [-0.3, -0.25) is 4.79 Å². The van der Waals surface area contributed by atoms with Crippen LogP contribution in [0.15, 0.2) is 47.4 Å². The molecule has 9 heteroatoms. The van der Waals surface area contributed by atoms with Crippen LogP contribution in [0.5, 0.6) is 0 Å². The summed E-state index contributed by atoms with van der Waals surface area (Å²) < 4.78 is 32.5. The Hall–Kier alpha value is -2.42. The highest BCUT2D eigenvalue weighted by atomic mass is 35.5. The second kappa shape index (κ2) is 9.80. The number of anilines is 1. The zero-order valence-electron chi connectivity index (χ0n) is 17.4. The van der Waals surface area contributed by atoms with Crippen molar-refractivity contribution in [2.75, 3.05) is 18.4 Å². The Morgan fingerprint density at radius 3 is 2.45 bits per heavy atom. The number of hydrogen-bond acceptors (Lipinski definition) is 5. The number of nitrogens with one attached hydrogen (secondary N) is 1. The average molecular weight is 465 g/mol. The zero-order chi connectivity index (χ0) is 22.6. The summed E-state index contributed by atoms with van der Waals surface area (Å²) in [6, 6.07) is 11.1. The molecule has 31 heavy (non-hydrogen) atoms. The molecule has 1 fully saturated rings. The molecule has 166 valence electrons. The Labute approximate surface area is 187 Å². The number of amides is 1. The van der Waals surface area contributed by atoms with Crippen LogP contribution in [0.1, 0.15) is 42.1 Å². The number of piperidine rings is 1. The first kappa shape index (κ1) is 23.2. The molecule has 0 aliphatic carbocycles. The summed E-state index contributed by atoms with van der Waals surface area (Å²) in [5.41, 5.74) is 1.25. The minimum Gasteiger partial charge on any atom is -0.449 e. The predicted molar refractivity (Wildman–Crippen MR) is 119 cm³/mol. The lowest BCUT2D eigenvalue weighted by atomic mass is 10.1. The molecule has 1 aliphatic rings. The molecule has 1 aliphatic heterocycles. The lowest BCUT2D eigenvalue weighted by molar-refractivity contribution is -0.123. The molecular formula is C22H25ClN2O5S. The maximum Gasteiger partial charge on any atom is 0.339 e. The number of nitrogens with zero attached hydrogens (tertiary/aromatic N) is 1. The van der Waals surface area contributed by atoms with E-state index in [0.29, 0.717) is 18.7 Å². The Kier molecular flexibility index (Phi) is 7.35. The number of hydrogen-bond donors (Lipinski definition) is 1. The number of benzene rings is 2. The third-order valence-corrected chi connectivity index (χ3v) is 7.39. The van der Waals surface area contributed by atoms with E-state index in [0.717, 1.165) is 24.8 Å². The van der Waals surface area contributed by atoms with Gasteiger partial charge in [0.1, 0.15) is 0 Å². The monoisotopic (exact) mass is 464 g/mol. The van der Waals surface area contributed by atoms with Gasteiger partial charge in [0.05, 0.1) is 21.2 Å². The number of ether oxygens (including phenoxy) is 1. The van der Waals surface area contributed by atoms with Crippen molar-refractivity contribution in [3.8, 4) is 0 Å². The predicted octanol–water partition coefficient (Wildman–Crippen LogP) is 4.01. The largest absolute Gasteiger partial charge is 0.449 e. The van der Waals surface area contributed by atoms with Gasteiger partial charge in [-0.1, -0.05) is 36.2 Å². The molecule has 1 saturated heterocycles. The van der Waals surface area contributed by atoms with Gasteiger partial charge in [0.25, 0.3) is 5.91 Å². The third-order valence-electron chi connectivity index (χ3n) is 5.17. The Morgan fingerprint density at radius 2 is 1.77 bits per heavy atom. The van der Waals surface area contributed by atoms with Crippen LogP contribution in [0.25, 0.3) is 0 Å². The van der Waals surface area contributed by atoms with Crippen molar-refractivity contribution in [2.45, 2.75) is 44.1 Å². The van der Waals surface area contributed by atoms with E-state index in [1.165, 1.54) is 29.4 Å². The molecule has 7 nitrogen and oxygen atoms in total. The first-order chi connectivity index (χ1) is 14.7. The molecule has 2 aromatic carbocycles. The van der Waals surface area contributed by atoms with Gasteiger partial charge in [0.2, 0.25) is 10.0 Å². The van der Waals surface area contributed by atoms with E-state index in [1.807, 2.05) is 0 Å². The summed E-state index contributed by atoms with van der Waals surface area (Å²) in [6.45, 7) is 4.15. The normalized spacial score (nSPS) is 15.8. The molecule has 1 heterocycles. The van der Waals surface area contributed by atoms with Crippen LogP contribution in [0.2, 0.25) is 5.02 Å². The summed E-state index contributed by atoms with van der Waals surface area (Å²) in [4.78, 5) is 25.0. The summed E-state index contributed by atoms with van der Waals surface area (Å²) >= 11 is 6.17. The maximum atomic E-state index is 12.9. The summed E-state index contributed by atoms with van der Waals surface area (Å²) in [5.74, 6) is -1.23. The molecule has 0 unspecified atom stereocenters. The molecule has 1 N–H and O–H groups in total. The highest BCUT2D eigenvalue weighted by molar-refractivity contribution is 7.89. The molecule has 0 aromatic heterocycles. The number of carbonyl (C=O) groups is 2. The number of rotatable bonds is 6. The smallest absolute Gasteiger partial charge is 0.339 e. The fourth-order valence-electron chi connectivity index (χ4n) is 3.33. The SMILES string of the molecule is Cc1ccccc1C(=O)O[C@@H](C)C(=O)Nc1cc(S(=O)(=O)N2CCCCC2)ccc1Cl. The first-order valence-corrected chi connectivity index (χ1v) is 11.9. The van der Waals surface area contributed by atoms with Crippen molar-refractivity contribution in [3.05, 3.63) is 58.6 Å². The van der Waals surface area contributed by atoms with Crippen LogP contribution < -0.4 is 5.32 Å². The number of esters is 1. The van der Waals surface area contributed by atoms with Gasteiger partial charge < -0.3 is 10.1 Å². The van der Waals surface area contributed by atoms with Crippen LogP contribution in [0.4, 0.5) is 5.69 Å². The molecule has 1 atom stereocenters. The number of sulfonamides is 1. The molecular weight excluding hydrogens is 440 g/mol. The molecule has 0 bridgehead atoms. The topological polar surface area (TPSA) is 92.8 Å². The van der Waals surface area contributed by atoms with Crippen LogP contribution in [-0.2, 0) is 19.6 Å². The van der Waals surface area contributed by atoms with E-state index >= 15 is 0 Å². The van der Waals surface area contributed by atoms with Gasteiger partial charge in [-0.05, 0) is 56.5 Å². The summed E-state index contributed by atoms with van der Waals surface area (Å²) in [5, 5.41) is 2.75. The standard InChI is InChI=1S/C22H25ClN2O5S/c1-15-8-4-5-9-18(15)22(27)30-16(2)21(26)24-20-14-17(10-11-19(20)23)31(28,29)25-12-6-3-7-13-25/h4-5,8-11,14,16H,3,6-7,12-13H2,1-2H3,(H,24,26)/t16-/m0/s1. The molecule has 1 amide bonds. The molecule has 0 spiro atoms. The van der Waals surface area contributed by atoms with Crippen molar-refractivity contribution in [1.82, 2.24) is 4.31 Å². The van der Waals surface area contributed by atoms with Gasteiger partial charge in [0, 0.05) is 13.1 Å². The number of halogens is 1. The summed E-state index contributed by atoms with van der Waals surface area (Å²) in [6.07, 6.45) is 1.54. The number of aryl methyl sites for hydroxylation is 1. The highest BCUT2D eigenvalue weighted by Gasteiger charge is 2.27. The number of carbonyl (C=O) groups excluding carboxylic acids is 2. The van der Waals surface area contributed by atoms with Gasteiger partial charge in [-0.2, -0.15) is 4.31 Å².